The van der Waals surface area contributed by atoms with Crippen molar-refractivity contribution >= 4 is 57.3 Å². The highest BCUT2D eigenvalue weighted by Gasteiger charge is 2.26. The number of sulfonamides is 1. The van der Waals surface area contributed by atoms with E-state index >= 15 is 0 Å². The van der Waals surface area contributed by atoms with Gasteiger partial charge < -0.3 is 24.5 Å². The molecule has 3 N–H and O–H groups in total. The molecule has 0 aliphatic heterocycles. The smallest absolute Gasteiger partial charge is 0.305 e. The van der Waals surface area contributed by atoms with Crippen LogP contribution in [0.1, 0.15) is 20.3 Å². The summed E-state index contributed by atoms with van der Waals surface area (Å²) in [6.07, 6.45) is 0.318. The summed E-state index contributed by atoms with van der Waals surface area (Å²) in [4.78, 5) is 37.4. The molecule has 0 aliphatic rings. The lowest BCUT2D eigenvalue weighted by molar-refractivity contribution is -0.138. The first-order valence-electron chi connectivity index (χ1n) is 10.4. The number of hydrogen-bond donors (Lipinski definition) is 3. The molecule has 0 aliphatic carbocycles. The maximum Gasteiger partial charge on any atom is 0.305 e. The minimum Gasteiger partial charge on any atom is -0.487 e. The number of nitrogens with zero attached hydrogens (tertiary/aromatic N) is 2. The number of benzene rings is 2. The molecule has 2 atom stereocenters. The molecule has 0 radical (unpaired) electrons. The molecule has 3 rings (SSSR count). The molecule has 0 fully saturated rings. The van der Waals surface area contributed by atoms with Gasteiger partial charge in [-0.15, -0.1) is 12.4 Å². The van der Waals surface area contributed by atoms with Gasteiger partial charge in [-0.25, -0.2) is 22.5 Å². The Morgan fingerprint density at radius 3 is 2.61 bits per heavy atom. The molecule has 1 unspecified atom stereocenters. The Morgan fingerprint density at radius 2 is 1.97 bits per heavy atom. The number of carbonyl (C=O) groups is 3. The number of ether oxygens (including phenoxy) is 1. The highest BCUT2D eigenvalue weighted by Crippen LogP contribution is 2.29. The summed E-state index contributed by atoms with van der Waals surface area (Å²) in [5, 5.41) is 11.4. The summed E-state index contributed by atoms with van der Waals surface area (Å²) >= 11 is 0. The fourth-order valence-corrected chi connectivity index (χ4v) is 4.67. The highest BCUT2D eigenvalue weighted by atomic mass is 35.5. The van der Waals surface area contributed by atoms with Crippen LogP contribution in [0.2, 0.25) is 0 Å². The highest BCUT2D eigenvalue weighted by molar-refractivity contribution is 7.89. The van der Waals surface area contributed by atoms with Gasteiger partial charge in [0, 0.05) is 24.7 Å². The third-order valence-corrected chi connectivity index (χ3v) is 6.31. The van der Waals surface area contributed by atoms with Gasteiger partial charge >= 0.3 is 5.97 Å². The van der Waals surface area contributed by atoms with Gasteiger partial charge in [-0.1, -0.05) is 0 Å². The first-order valence-corrected chi connectivity index (χ1v) is 11.8. The van der Waals surface area contributed by atoms with E-state index in [1.807, 2.05) is 4.72 Å². The predicted octanol–water partition coefficient (Wildman–Crippen LogP) is 2.34. The monoisotopic (exact) mass is 542 g/mol. The lowest BCUT2D eigenvalue weighted by atomic mass is 10.2. The Bertz CT molecular complexity index is 1380. The molecular weight excluding hydrogens is 519 g/mol. The number of carboxylic acids is 1. The van der Waals surface area contributed by atoms with Crippen molar-refractivity contribution in [3.8, 4) is 5.75 Å². The second kappa shape index (κ2) is 11.9. The van der Waals surface area contributed by atoms with Crippen LogP contribution in [0.25, 0.3) is 11.0 Å². The Kier molecular flexibility index (Phi) is 9.50. The lowest BCUT2D eigenvalue weighted by Crippen LogP contribution is -2.37. The standard InChI is InChI=1S/C22H23FN4O7S.ClH/c1-13(10-27-12-24-18-7-15(23)3-5-19(18)27)34-20-8-16(25-14(2)29)4-6-21(20)35(32,33)26-17(11-28)9-22(30)31;/h3-8,11-13,17,26H,9-10H2,1-2H3,(H,25,29)(H,30,31);1H/t13-,17?;/m1./s1. The number of anilines is 1. The van der Waals surface area contributed by atoms with Crippen LogP contribution in [-0.2, 0) is 31.0 Å². The van der Waals surface area contributed by atoms with E-state index in [2.05, 4.69) is 10.3 Å². The lowest BCUT2D eigenvalue weighted by Gasteiger charge is -2.20. The van der Waals surface area contributed by atoms with Crippen molar-refractivity contribution in [1.82, 2.24) is 14.3 Å². The summed E-state index contributed by atoms with van der Waals surface area (Å²) in [6, 6.07) is 6.46. The number of carbonyl (C=O) groups excluding carboxylic acids is 2. The van der Waals surface area contributed by atoms with E-state index in [-0.39, 0.29) is 41.6 Å². The van der Waals surface area contributed by atoms with Crippen LogP contribution < -0.4 is 14.8 Å². The van der Waals surface area contributed by atoms with Crippen molar-refractivity contribution in [1.29, 1.82) is 0 Å². The molecule has 0 saturated heterocycles. The predicted molar refractivity (Wildman–Crippen MR) is 130 cm³/mol. The number of carboxylic acid groups (broad SMARTS) is 1. The Balaban J connectivity index is 0.00000456. The molecule has 194 valence electrons. The van der Waals surface area contributed by atoms with Crippen molar-refractivity contribution in [2.75, 3.05) is 5.32 Å². The molecule has 1 amide bonds. The molecule has 0 spiro atoms. The number of aldehydes is 1. The molecule has 36 heavy (non-hydrogen) atoms. The Hall–Kier alpha value is -3.55. The zero-order chi connectivity index (χ0) is 25.8. The SMILES string of the molecule is CC(=O)Nc1ccc(S(=O)(=O)NC(C=O)CC(=O)O)c(O[C@H](C)Cn2cnc3cc(F)ccc32)c1.Cl. The first kappa shape index (κ1) is 28.7. The molecule has 2 aromatic carbocycles. The van der Waals surface area contributed by atoms with Crippen molar-refractivity contribution in [2.45, 2.75) is 43.9 Å². The van der Waals surface area contributed by atoms with Crippen molar-refractivity contribution < 1.29 is 37.0 Å². The van der Waals surface area contributed by atoms with Crippen LogP contribution in [-0.4, -0.2) is 53.4 Å². The van der Waals surface area contributed by atoms with Crippen molar-refractivity contribution in [3.63, 3.8) is 0 Å². The largest absolute Gasteiger partial charge is 0.487 e. The van der Waals surface area contributed by atoms with E-state index < -0.39 is 46.3 Å². The second-order valence-electron chi connectivity index (χ2n) is 7.76. The zero-order valence-corrected chi connectivity index (χ0v) is 20.8. The number of hydrogen-bond acceptors (Lipinski definition) is 7. The van der Waals surface area contributed by atoms with E-state index in [4.69, 9.17) is 9.84 Å². The number of imidazole rings is 1. The van der Waals surface area contributed by atoms with E-state index in [0.29, 0.717) is 11.0 Å². The number of aliphatic carboxylic acids is 1. The molecule has 0 saturated carbocycles. The maximum absolute atomic E-state index is 13.4. The van der Waals surface area contributed by atoms with Gasteiger partial charge in [0.05, 0.1) is 36.4 Å². The van der Waals surface area contributed by atoms with Gasteiger partial charge in [0.15, 0.2) is 0 Å². The number of halogens is 2. The number of fused-ring (bicyclic) bond motifs is 1. The average Bonchev–Trinajstić information content (AvgIpc) is 3.13. The molecule has 11 nitrogen and oxygen atoms in total. The Morgan fingerprint density at radius 1 is 1.25 bits per heavy atom. The minimum atomic E-state index is -4.38. The quantitative estimate of drug-likeness (QED) is 0.312. The summed E-state index contributed by atoms with van der Waals surface area (Å²) in [5.41, 5.74) is 1.35. The molecule has 1 aromatic heterocycles. The first-order chi connectivity index (χ1) is 16.5. The van der Waals surface area contributed by atoms with Gasteiger partial charge in [-0.2, -0.15) is 0 Å². The molecule has 14 heteroatoms. The van der Waals surface area contributed by atoms with E-state index in [1.165, 1.54) is 43.6 Å². The van der Waals surface area contributed by atoms with E-state index in [9.17, 15) is 27.2 Å². The van der Waals surface area contributed by atoms with Crippen LogP contribution in [0.4, 0.5) is 10.1 Å². The van der Waals surface area contributed by atoms with Gasteiger partial charge in [0.2, 0.25) is 15.9 Å². The third kappa shape index (κ3) is 7.23. The fourth-order valence-electron chi connectivity index (χ4n) is 3.39. The number of amides is 1. The molecule has 0 bridgehead atoms. The van der Waals surface area contributed by atoms with Crippen molar-refractivity contribution in [2.24, 2.45) is 0 Å². The number of aromatic nitrogens is 2. The van der Waals surface area contributed by atoms with Gasteiger partial charge in [0.1, 0.15) is 28.9 Å². The number of rotatable bonds is 11. The maximum atomic E-state index is 13.4. The normalized spacial score (nSPS) is 12.9. The van der Waals surface area contributed by atoms with Gasteiger partial charge in [-0.3, -0.25) is 9.59 Å². The van der Waals surface area contributed by atoms with Crippen LogP contribution >= 0.6 is 12.4 Å². The Labute approximate surface area is 212 Å². The second-order valence-corrected chi connectivity index (χ2v) is 9.45. The average molecular weight is 543 g/mol. The van der Waals surface area contributed by atoms with Crippen LogP contribution in [0.5, 0.6) is 5.75 Å². The fraction of sp³-hybridized carbons (Fsp3) is 0.273. The van der Waals surface area contributed by atoms with E-state index in [0.717, 1.165) is 0 Å². The summed E-state index contributed by atoms with van der Waals surface area (Å²) < 4.78 is 49.0. The van der Waals surface area contributed by atoms with Gasteiger partial charge in [0.25, 0.3) is 0 Å². The zero-order valence-electron chi connectivity index (χ0n) is 19.2. The van der Waals surface area contributed by atoms with Crippen LogP contribution in [0.15, 0.2) is 47.6 Å². The van der Waals surface area contributed by atoms with Gasteiger partial charge in [-0.05, 0) is 31.2 Å². The van der Waals surface area contributed by atoms with Crippen molar-refractivity contribution in [3.05, 3.63) is 48.5 Å². The third-order valence-electron chi connectivity index (χ3n) is 4.78. The topological polar surface area (TPSA) is 157 Å². The summed E-state index contributed by atoms with van der Waals surface area (Å²) in [7, 11) is -4.38. The summed E-state index contributed by atoms with van der Waals surface area (Å²) in [6.45, 7) is 3.17. The molecule has 1 heterocycles. The molecule has 3 aromatic rings. The summed E-state index contributed by atoms with van der Waals surface area (Å²) in [5.74, 6) is -2.31. The van der Waals surface area contributed by atoms with Crippen LogP contribution in [0.3, 0.4) is 0 Å². The minimum absolute atomic E-state index is 0. The van der Waals surface area contributed by atoms with Crippen LogP contribution in [0, 0.1) is 5.82 Å². The number of nitrogens with one attached hydrogen (secondary N) is 2. The van der Waals surface area contributed by atoms with E-state index in [1.54, 1.807) is 17.6 Å². The molecular formula is C22H24ClFN4O7S.